The van der Waals surface area contributed by atoms with Gasteiger partial charge in [-0.1, -0.05) is 6.07 Å². The molecule has 1 aromatic heterocycles. The first kappa shape index (κ1) is 13.6. The highest BCUT2D eigenvalue weighted by molar-refractivity contribution is 5.76. The second-order valence-corrected chi connectivity index (χ2v) is 5.35. The Bertz CT molecular complexity index is 583. The van der Waals surface area contributed by atoms with Crippen LogP contribution in [0.2, 0.25) is 0 Å². The number of carboxylic acid groups (broad SMARTS) is 1. The van der Waals surface area contributed by atoms with Crippen molar-refractivity contribution in [3.05, 3.63) is 30.1 Å². The second kappa shape index (κ2) is 5.43. The Morgan fingerprint density at radius 1 is 1.42 bits per heavy atom. The number of aromatic nitrogens is 2. The number of aryl methyl sites for hydroxylation is 1. The van der Waals surface area contributed by atoms with Gasteiger partial charge in [-0.25, -0.2) is 4.98 Å². The van der Waals surface area contributed by atoms with E-state index in [9.17, 15) is 4.79 Å². The summed E-state index contributed by atoms with van der Waals surface area (Å²) in [4.78, 5) is 14.1. The molecule has 1 fully saturated rings. The molecule has 0 spiro atoms. The third-order valence-electron chi connectivity index (χ3n) is 3.21. The first-order valence-electron chi connectivity index (χ1n) is 6.65. The SMILES string of the molecule is Cc1ccc2c(c1)ncn2C(C)C.O=C(O)C1CC1. The molecular weight excluding hydrogens is 240 g/mol. The predicted molar refractivity (Wildman–Crippen MR) is 75.2 cm³/mol. The van der Waals surface area contributed by atoms with Crippen molar-refractivity contribution in [3.8, 4) is 0 Å². The molecule has 0 unspecified atom stereocenters. The van der Waals surface area contributed by atoms with Gasteiger partial charge in [0.15, 0.2) is 0 Å². The standard InChI is InChI=1S/C11H14N2.C4H6O2/c1-8(2)13-7-12-10-6-9(3)4-5-11(10)13;5-4(6)3-1-2-3/h4-8H,1-3H3;3H,1-2H2,(H,5,6). The van der Waals surface area contributed by atoms with Gasteiger partial charge >= 0.3 is 5.97 Å². The number of imidazole rings is 1. The van der Waals surface area contributed by atoms with Crippen molar-refractivity contribution in [2.24, 2.45) is 5.92 Å². The number of nitrogens with zero attached hydrogens (tertiary/aromatic N) is 2. The van der Waals surface area contributed by atoms with Gasteiger partial charge in [-0.2, -0.15) is 0 Å². The summed E-state index contributed by atoms with van der Waals surface area (Å²) in [5.41, 5.74) is 3.58. The summed E-state index contributed by atoms with van der Waals surface area (Å²) in [6, 6.07) is 6.86. The minimum Gasteiger partial charge on any atom is -0.481 e. The lowest BCUT2D eigenvalue weighted by Crippen LogP contribution is -1.97. The summed E-state index contributed by atoms with van der Waals surface area (Å²) in [6.07, 6.45) is 3.71. The van der Waals surface area contributed by atoms with Crippen molar-refractivity contribution in [1.29, 1.82) is 0 Å². The molecule has 1 saturated carbocycles. The molecule has 0 bridgehead atoms. The highest BCUT2D eigenvalue weighted by Gasteiger charge is 2.28. The zero-order chi connectivity index (χ0) is 14.0. The Balaban J connectivity index is 0.000000186. The smallest absolute Gasteiger partial charge is 0.306 e. The van der Waals surface area contributed by atoms with E-state index < -0.39 is 5.97 Å². The molecule has 0 saturated heterocycles. The van der Waals surface area contributed by atoms with E-state index in [-0.39, 0.29) is 5.92 Å². The zero-order valence-electron chi connectivity index (χ0n) is 11.6. The first-order chi connectivity index (χ1) is 8.99. The van der Waals surface area contributed by atoms with Crippen LogP contribution < -0.4 is 0 Å². The lowest BCUT2D eigenvalue weighted by atomic mass is 10.2. The minimum atomic E-state index is -0.630. The van der Waals surface area contributed by atoms with Crippen molar-refractivity contribution in [2.45, 2.75) is 39.7 Å². The van der Waals surface area contributed by atoms with Crippen LogP contribution in [0.15, 0.2) is 24.5 Å². The van der Waals surface area contributed by atoms with E-state index in [0.29, 0.717) is 6.04 Å². The van der Waals surface area contributed by atoms with Crippen LogP contribution in [0.5, 0.6) is 0 Å². The van der Waals surface area contributed by atoms with Gasteiger partial charge in [0.25, 0.3) is 0 Å². The second-order valence-electron chi connectivity index (χ2n) is 5.35. The third kappa shape index (κ3) is 3.34. The van der Waals surface area contributed by atoms with Gasteiger partial charge in [-0.05, 0) is 51.3 Å². The molecule has 102 valence electrons. The fraction of sp³-hybridized carbons (Fsp3) is 0.467. The Morgan fingerprint density at radius 2 is 2.11 bits per heavy atom. The van der Waals surface area contributed by atoms with Gasteiger partial charge in [0.05, 0.1) is 23.3 Å². The number of hydrogen-bond acceptors (Lipinski definition) is 2. The fourth-order valence-electron chi connectivity index (χ4n) is 1.88. The number of rotatable bonds is 2. The molecule has 1 aromatic carbocycles. The average Bonchev–Trinajstić information content (AvgIpc) is 3.10. The molecule has 0 amide bonds. The summed E-state index contributed by atoms with van der Waals surface area (Å²) < 4.78 is 2.19. The molecule has 1 aliphatic rings. The molecule has 0 aliphatic heterocycles. The van der Waals surface area contributed by atoms with Crippen LogP contribution in [0.3, 0.4) is 0 Å². The average molecular weight is 260 g/mol. The van der Waals surface area contributed by atoms with E-state index in [0.717, 1.165) is 18.4 Å². The fourth-order valence-corrected chi connectivity index (χ4v) is 1.88. The van der Waals surface area contributed by atoms with Crippen molar-refractivity contribution in [3.63, 3.8) is 0 Å². The molecule has 0 radical (unpaired) electrons. The Labute approximate surface area is 113 Å². The largest absolute Gasteiger partial charge is 0.481 e. The van der Waals surface area contributed by atoms with Crippen LogP contribution in [0.25, 0.3) is 11.0 Å². The summed E-state index contributed by atoms with van der Waals surface area (Å²) >= 11 is 0. The third-order valence-corrected chi connectivity index (χ3v) is 3.21. The van der Waals surface area contributed by atoms with Crippen molar-refractivity contribution < 1.29 is 9.90 Å². The molecule has 4 heteroatoms. The monoisotopic (exact) mass is 260 g/mol. The van der Waals surface area contributed by atoms with E-state index in [1.54, 1.807) is 0 Å². The highest BCUT2D eigenvalue weighted by atomic mass is 16.4. The van der Waals surface area contributed by atoms with E-state index in [2.05, 4.69) is 48.5 Å². The van der Waals surface area contributed by atoms with Crippen LogP contribution in [0.1, 0.15) is 38.3 Å². The van der Waals surface area contributed by atoms with Crippen molar-refractivity contribution in [2.75, 3.05) is 0 Å². The predicted octanol–water partition coefficient (Wildman–Crippen LogP) is 3.41. The number of fused-ring (bicyclic) bond motifs is 1. The number of carbonyl (C=O) groups is 1. The Morgan fingerprint density at radius 3 is 2.58 bits per heavy atom. The van der Waals surface area contributed by atoms with Crippen molar-refractivity contribution >= 4 is 17.0 Å². The topological polar surface area (TPSA) is 55.1 Å². The molecule has 3 rings (SSSR count). The Kier molecular flexibility index (Phi) is 3.88. The lowest BCUT2D eigenvalue weighted by molar-refractivity contribution is -0.138. The zero-order valence-corrected chi connectivity index (χ0v) is 11.6. The highest BCUT2D eigenvalue weighted by Crippen LogP contribution is 2.28. The van der Waals surface area contributed by atoms with E-state index in [1.807, 2.05) is 6.33 Å². The van der Waals surface area contributed by atoms with Gasteiger partial charge in [-0.15, -0.1) is 0 Å². The number of aliphatic carboxylic acids is 1. The summed E-state index contributed by atoms with van der Waals surface area (Å²) in [7, 11) is 0. The van der Waals surface area contributed by atoms with Crippen LogP contribution in [0, 0.1) is 12.8 Å². The number of benzene rings is 1. The Hall–Kier alpha value is -1.84. The first-order valence-corrected chi connectivity index (χ1v) is 6.65. The van der Waals surface area contributed by atoms with E-state index >= 15 is 0 Å². The van der Waals surface area contributed by atoms with Gasteiger partial charge in [0, 0.05) is 6.04 Å². The van der Waals surface area contributed by atoms with Gasteiger partial charge in [-0.3, -0.25) is 4.79 Å². The number of carboxylic acids is 1. The molecule has 1 N–H and O–H groups in total. The molecule has 1 heterocycles. The lowest BCUT2D eigenvalue weighted by Gasteiger charge is -2.07. The maximum absolute atomic E-state index is 9.76. The normalized spacial score (nSPS) is 14.3. The molecule has 1 aliphatic carbocycles. The minimum absolute atomic E-state index is 0.0185. The maximum atomic E-state index is 9.76. The quantitative estimate of drug-likeness (QED) is 0.900. The van der Waals surface area contributed by atoms with E-state index in [1.165, 1.54) is 11.1 Å². The van der Waals surface area contributed by atoms with Gasteiger partial charge in [0.1, 0.15) is 0 Å². The molecule has 2 aromatic rings. The van der Waals surface area contributed by atoms with Crippen LogP contribution in [-0.4, -0.2) is 20.6 Å². The summed E-state index contributed by atoms with van der Waals surface area (Å²) in [5.74, 6) is -0.611. The van der Waals surface area contributed by atoms with Crippen LogP contribution in [-0.2, 0) is 4.79 Å². The molecule has 0 atom stereocenters. The molecular formula is C15H20N2O2. The van der Waals surface area contributed by atoms with E-state index in [4.69, 9.17) is 5.11 Å². The van der Waals surface area contributed by atoms with Crippen molar-refractivity contribution in [1.82, 2.24) is 9.55 Å². The molecule has 4 nitrogen and oxygen atoms in total. The van der Waals surface area contributed by atoms with Gasteiger partial charge in [0.2, 0.25) is 0 Å². The van der Waals surface area contributed by atoms with Gasteiger partial charge < -0.3 is 9.67 Å². The molecule has 19 heavy (non-hydrogen) atoms. The summed E-state index contributed by atoms with van der Waals surface area (Å²) in [5, 5.41) is 8.05. The van der Waals surface area contributed by atoms with Crippen LogP contribution >= 0.6 is 0 Å². The van der Waals surface area contributed by atoms with Crippen LogP contribution in [0.4, 0.5) is 0 Å². The maximum Gasteiger partial charge on any atom is 0.306 e. The number of hydrogen-bond donors (Lipinski definition) is 1. The summed E-state index contributed by atoms with van der Waals surface area (Å²) in [6.45, 7) is 6.43.